The maximum atomic E-state index is 11.2. The second-order valence-electron chi connectivity index (χ2n) is 4.21. The molecule has 2 rings (SSSR count). The van der Waals surface area contributed by atoms with E-state index in [0.29, 0.717) is 23.5 Å². The summed E-state index contributed by atoms with van der Waals surface area (Å²) in [4.78, 5) is 11.2. The van der Waals surface area contributed by atoms with Crippen molar-refractivity contribution in [2.45, 2.75) is 6.92 Å². The number of benzene rings is 2. The molecule has 20 heavy (non-hydrogen) atoms. The molecule has 0 aromatic heterocycles. The monoisotopic (exact) mass is 271 g/mol. The Hall–Kier alpha value is -2.69. The third-order valence-electron chi connectivity index (χ3n) is 2.82. The minimum Gasteiger partial charge on any atom is -0.494 e. The van der Waals surface area contributed by atoms with Crippen LogP contribution in [-0.4, -0.2) is 12.5 Å². The number of primary amides is 1. The Morgan fingerprint density at radius 3 is 2.50 bits per heavy atom. The van der Waals surface area contributed by atoms with Gasteiger partial charge in [0, 0.05) is 5.69 Å². The lowest BCUT2D eigenvalue weighted by Crippen LogP contribution is -2.14. The van der Waals surface area contributed by atoms with Crippen molar-refractivity contribution in [3.63, 3.8) is 0 Å². The molecule has 5 nitrogen and oxygen atoms in total. The summed E-state index contributed by atoms with van der Waals surface area (Å²) in [6.45, 7) is 2.56. The summed E-state index contributed by atoms with van der Waals surface area (Å²) < 4.78 is 5.37. The number of nitrogen functional groups attached to an aromatic ring is 1. The van der Waals surface area contributed by atoms with Gasteiger partial charge in [0.15, 0.2) is 0 Å². The zero-order valence-electron chi connectivity index (χ0n) is 11.2. The second kappa shape index (κ2) is 5.97. The van der Waals surface area contributed by atoms with Crippen LogP contribution in [0.4, 0.5) is 17.1 Å². The molecule has 2 aromatic carbocycles. The molecule has 1 amide bonds. The van der Waals surface area contributed by atoms with E-state index >= 15 is 0 Å². The number of para-hydroxylation sites is 1. The quantitative estimate of drug-likeness (QED) is 0.729. The Balaban J connectivity index is 2.21. The van der Waals surface area contributed by atoms with E-state index in [0.717, 1.165) is 11.4 Å². The molecule has 0 radical (unpaired) electrons. The summed E-state index contributed by atoms with van der Waals surface area (Å²) in [5.41, 5.74) is 13.3. The highest BCUT2D eigenvalue weighted by Crippen LogP contribution is 2.27. The summed E-state index contributed by atoms with van der Waals surface area (Å²) in [6.07, 6.45) is 0. The molecule has 5 N–H and O–H groups in total. The molecule has 0 saturated heterocycles. The lowest BCUT2D eigenvalue weighted by atomic mass is 10.1. The van der Waals surface area contributed by atoms with Crippen LogP contribution in [-0.2, 0) is 0 Å². The van der Waals surface area contributed by atoms with E-state index in [1.165, 1.54) is 0 Å². The molecule has 0 bridgehead atoms. The average molecular weight is 271 g/mol. The minimum absolute atomic E-state index is 0.306. The molecule has 0 heterocycles. The van der Waals surface area contributed by atoms with Crippen LogP contribution in [0.3, 0.4) is 0 Å². The molecular weight excluding hydrogens is 254 g/mol. The summed E-state index contributed by atoms with van der Waals surface area (Å²) in [6, 6.07) is 12.6. The predicted molar refractivity (Wildman–Crippen MR) is 80.3 cm³/mol. The Morgan fingerprint density at radius 1 is 1.20 bits per heavy atom. The number of anilines is 3. The number of carbonyl (C=O) groups excluding carboxylic acids is 1. The van der Waals surface area contributed by atoms with Gasteiger partial charge in [-0.05, 0) is 43.3 Å². The van der Waals surface area contributed by atoms with Crippen molar-refractivity contribution >= 4 is 23.0 Å². The van der Waals surface area contributed by atoms with E-state index in [1.54, 1.807) is 18.2 Å². The van der Waals surface area contributed by atoms with Crippen LogP contribution >= 0.6 is 0 Å². The van der Waals surface area contributed by atoms with Crippen molar-refractivity contribution in [1.82, 2.24) is 0 Å². The van der Waals surface area contributed by atoms with Crippen molar-refractivity contribution in [2.75, 3.05) is 17.7 Å². The molecule has 0 atom stereocenters. The van der Waals surface area contributed by atoms with Gasteiger partial charge >= 0.3 is 0 Å². The van der Waals surface area contributed by atoms with Crippen LogP contribution in [0.5, 0.6) is 5.75 Å². The molecule has 0 aliphatic carbocycles. The highest BCUT2D eigenvalue weighted by Gasteiger charge is 2.09. The zero-order chi connectivity index (χ0) is 14.5. The molecule has 5 heteroatoms. The SMILES string of the molecule is CCOc1ccc(Nc2cccc(C(N)=O)c2N)cc1. The normalized spacial score (nSPS) is 10.1. The molecule has 0 aliphatic rings. The van der Waals surface area contributed by atoms with Crippen molar-refractivity contribution in [1.29, 1.82) is 0 Å². The average Bonchev–Trinajstić information content (AvgIpc) is 2.43. The Morgan fingerprint density at radius 2 is 1.90 bits per heavy atom. The summed E-state index contributed by atoms with van der Waals surface area (Å²) in [5.74, 6) is 0.259. The van der Waals surface area contributed by atoms with Crippen LogP contribution in [0.15, 0.2) is 42.5 Å². The number of carbonyl (C=O) groups is 1. The van der Waals surface area contributed by atoms with E-state index in [9.17, 15) is 4.79 Å². The van der Waals surface area contributed by atoms with E-state index < -0.39 is 5.91 Å². The Kier molecular flexibility index (Phi) is 4.10. The van der Waals surface area contributed by atoms with Gasteiger partial charge in [0.05, 0.1) is 23.5 Å². The van der Waals surface area contributed by atoms with Gasteiger partial charge in [-0.15, -0.1) is 0 Å². The molecule has 0 saturated carbocycles. The van der Waals surface area contributed by atoms with Gasteiger partial charge in [-0.1, -0.05) is 6.07 Å². The minimum atomic E-state index is -0.544. The van der Waals surface area contributed by atoms with Gasteiger partial charge in [0.25, 0.3) is 5.91 Å². The van der Waals surface area contributed by atoms with Gasteiger partial charge in [0.1, 0.15) is 5.75 Å². The molecule has 0 aliphatic heterocycles. The summed E-state index contributed by atoms with van der Waals surface area (Å²) >= 11 is 0. The van der Waals surface area contributed by atoms with Crippen LogP contribution in [0, 0.1) is 0 Å². The smallest absolute Gasteiger partial charge is 0.250 e. The topological polar surface area (TPSA) is 90.4 Å². The van der Waals surface area contributed by atoms with Gasteiger partial charge in [-0.25, -0.2) is 0 Å². The van der Waals surface area contributed by atoms with Gasteiger partial charge in [-0.2, -0.15) is 0 Å². The van der Waals surface area contributed by atoms with Crippen molar-refractivity contribution < 1.29 is 9.53 Å². The maximum Gasteiger partial charge on any atom is 0.250 e. The predicted octanol–water partition coefficient (Wildman–Crippen LogP) is 2.51. The lowest BCUT2D eigenvalue weighted by molar-refractivity contribution is 0.100. The van der Waals surface area contributed by atoms with Gasteiger partial charge in [-0.3, -0.25) is 4.79 Å². The van der Waals surface area contributed by atoms with Crippen LogP contribution in [0.2, 0.25) is 0 Å². The van der Waals surface area contributed by atoms with Crippen LogP contribution in [0.25, 0.3) is 0 Å². The van der Waals surface area contributed by atoms with E-state index in [-0.39, 0.29) is 0 Å². The highest BCUT2D eigenvalue weighted by molar-refractivity contribution is 6.01. The summed E-state index contributed by atoms with van der Waals surface area (Å²) in [5, 5.41) is 3.15. The third-order valence-corrected chi connectivity index (χ3v) is 2.82. The van der Waals surface area contributed by atoms with E-state index in [1.807, 2.05) is 31.2 Å². The lowest BCUT2D eigenvalue weighted by Gasteiger charge is -2.12. The first-order chi connectivity index (χ1) is 9.61. The fourth-order valence-electron chi connectivity index (χ4n) is 1.85. The number of hydrogen-bond donors (Lipinski definition) is 3. The molecule has 0 spiro atoms. The number of ether oxygens (including phenoxy) is 1. The highest BCUT2D eigenvalue weighted by atomic mass is 16.5. The first-order valence-corrected chi connectivity index (χ1v) is 6.30. The largest absolute Gasteiger partial charge is 0.494 e. The first kappa shape index (κ1) is 13.7. The third kappa shape index (κ3) is 3.00. The van der Waals surface area contributed by atoms with E-state index in [4.69, 9.17) is 16.2 Å². The van der Waals surface area contributed by atoms with Crippen molar-refractivity contribution in [2.24, 2.45) is 5.73 Å². The Bertz CT molecular complexity index is 609. The molecule has 0 unspecified atom stereocenters. The van der Waals surface area contributed by atoms with Crippen LogP contribution < -0.4 is 21.5 Å². The second-order valence-corrected chi connectivity index (χ2v) is 4.21. The van der Waals surface area contributed by atoms with Gasteiger partial charge < -0.3 is 21.5 Å². The standard InChI is InChI=1S/C15H17N3O2/c1-2-20-11-8-6-10(7-9-11)18-13-5-3-4-12(14(13)16)15(17)19/h3-9,18H,2,16H2,1H3,(H2,17,19). The van der Waals surface area contributed by atoms with Crippen molar-refractivity contribution in [3.05, 3.63) is 48.0 Å². The van der Waals surface area contributed by atoms with E-state index in [2.05, 4.69) is 5.32 Å². The first-order valence-electron chi connectivity index (χ1n) is 6.30. The molecule has 0 fully saturated rings. The fraction of sp³-hybridized carbons (Fsp3) is 0.133. The number of nitrogens with one attached hydrogen (secondary N) is 1. The summed E-state index contributed by atoms with van der Waals surface area (Å²) in [7, 11) is 0. The number of nitrogens with two attached hydrogens (primary N) is 2. The fourth-order valence-corrected chi connectivity index (χ4v) is 1.85. The van der Waals surface area contributed by atoms with Crippen LogP contribution in [0.1, 0.15) is 17.3 Å². The molecule has 104 valence electrons. The number of hydrogen-bond acceptors (Lipinski definition) is 4. The van der Waals surface area contributed by atoms with Gasteiger partial charge in [0.2, 0.25) is 0 Å². The number of rotatable bonds is 5. The molecular formula is C15H17N3O2. The zero-order valence-corrected chi connectivity index (χ0v) is 11.2. The maximum absolute atomic E-state index is 11.2. The Labute approximate surface area is 117 Å². The molecule has 2 aromatic rings. The van der Waals surface area contributed by atoms with Crippen molar-refractivity contribution in [3.8, 4) is 5.75 Å². The number of amides is 1.